The molecule has 2 N–H and O–H groups in total. The Balaban J connectivity index is 1.82. The van der Waals surface area contributed by atoms with Gasteiger partial charge in [0.05, 0.1) is 33.5 Å². The fourth-order valence-electron chi connectivity index (χ4n) is 3.28. The molecular formula is C22H17N3O4S. The molecule has 4 rings (SSSR count). The first kappa shape index (κ1) is 19.6. The summed E-state index contributed by atoms with van der Waals surface area (Å²) in [4.78, 5) is 15.6. The number of hydrogen-bond donors (Lipinski definition) is 2. The van der Waals surface area contributed by atoms with E-state index in [-0.39, 0.29) is 27.6 Å². The van der Waals surface area contributed by atoms with Crippen LogP contribution in [0.3, 0.4) is 0 Å². The summed E-state index contributed by atoms with van der Waals surface area (Å²) in [6, 6.07) is 16.1. The van der Waals surface area contributed by atoms with Gasteiger partial charge in [-0.15, -0.1) is 0 Å². The molecule has 1 saturated carbocycles. The summed E-state index contributed by atoms with van der Waals surface area (Å²) >= 11 is 0. The number of hydrogen-bond acceptors (Lipinski definition) is 5. The van der Waals surface area contributed by atoms with Crippen LogP contribution in [-0.4, -0.2) is 24.5 Å². The van der Waals surface area contributed by atoms with Crippen LogP contribution in [0, 0.1) is 11.3 Å². The third-order valence-corrected chi connectivity index (χ3v) is 6.32. The minimum Gasteiger partial charge on any atom is -0.478 e. The Labute approximate surface area is 173 Å². The third-order valence-electron chi connectivity index (χ3n) is 4.90. The highest BCUT2D eigenvalue weighted by atomic mass is 32.2. The van der Waals surface area contributed by atoms with Crippen LogP contribution in [0.4, 0.5) is 5.69 Å². The quantitative estimate of drug-likeness (QED) is 0.623. The van der Waals surface area contributed by atoms with Gasteiger partial charge in [0.15, 0.2) is 0 Å². The first-order chi connectivity index (χ1) is 14.4. The standard InChI is InChI=1S/C22H17N3O4S/c23-13-14-4-8-18(19-3-1-2-10-24-19)20(11-14)25-30(28,29)21-12-16(22(26)27)7-9-17(21)15-5-6-15/h1-4,7-12,15,25H,5-6H2,(H,26,27). The van der Waals surface area contributed by atoms with E-state index in [1.54, 1.807) is 42.6 Å². The van der Waals surface area contributed by atoms with Crippen molar-refractivity contribution < 1.29 is 18.3 Å². The molecule has 1 heterocycles. The molecule has 0 bridgehead atoms. The van der Waals surface area contributed by atoms with Gasteiger partial charge in [-0.05, 0) is 66.8 Å². The van der Waals surface area contributed by atoms with E-state index in [4.69, 9.17) is 0 Å². The maximum Gasteiger partial charge on any atom is 0.335 e. The minimum atomic E-state index is -4.11. The van der Waals surface area contributed by atoms with Gasteiger partial charge in [-0.3, -0.25) is 9.71 Å². The van der Waals surface area contributed by atoms with Crippen molar-refractivity contribution in [1.82, 2.24) is 4.98 Å². The molecule has 2 aromatic carbocycles. The van der Waals surface area contributed by atoms with Gasteiger partial charge >= 0.3 is 5.97 Å². The molecule has 0 amide bonds. The van der Waals surface area contributed by atoms with Crippen LogP contribution in [0.5, 0.6) is 0 Å². The number of aromatic carboxylic acids is 1. The second kappa shape index (κ2) is 7.61. The summed E-state index contributed by atoms with van der Waals surface area (Å²) in [7, 11) is -4.11. The Kier molecular flexibility index (Phi) is 4.98. The van der Waals surface area contributed by atoms with E-state index in [1.807, 2.05) is 6.07 Å². The van der Waals surface area contributed by atoms with E-state index in [2.05, 4.69) is 9.71 Å². The van der Waals surface area contributed by atoms with Gasteiger partial charge in [0.25, 0.3) is 10.0 Å². The summed E-state index contributed by atoms with van der Waals surface area (Å²) < 4.78 is 29.2. The zero-order valence-corrected chi connectivity index (χ0v) is 16.6. The predicted molar refractivity (Wildman–Crippen MR) is 111 cm³/mol. The Hall–Kier alpha value is -3.70. The topological polar surface area (TPSA) is 120 Å². The van der Waals surface area contributed by atoms with Crippen molar-refractivity contribution in [1.29, 1.82) is 5.26 Å². The number of carboxylic acid groups (broad SMARTS) is 1. The molecule has 1 aromatic heterocycles. The molecule has 0 saturated heterocycles. The van der Waals surface area contributed by atoms with E-state index in [0.29, 0.717) is 16.8 Å². The number of nitrogens with zero attached hydrogens (tertiary/aromatic N) is 2. The van der Waals surface area contributed by atoms with E-state index in [1.165, 1.54) is 18.2 Å². The largest absolute Gasteiger partial charge is 0.478 e. The van der Waals surface area contributed by atoms with Gasteiger partial charge in [0.1, 0.15) is 0 Å². The maximum atomic E-state index is 13.3. The number of aromatic nitrogens is 1. The van der Waals surface area contributed by atoms with E-state index in [0.717, 1.165) is 12.8 Å². The third kappa shape index (κ3) is 3.88. The molecule has 0 atom stereocenters. The van der Waals surface area contributed by atoms with Crippen LogP contribution < -0.4 is 4.72 Å². The van der Waals surface area contributed by atoms with Crippen molar-refractivity contribution in [2.75, 3.05) is 4.72 Å². The Morgan fingerprint density at radius 3 is 2.57 bits per heavy atom. The smallest absolute Gasteiger partial charge is 0.335 e. The first-order valence-corrected chi connectivity index (χ1v) is 10.7. The maximum absolute atomic E-state index is 13.3. The fourth-order valence-corrected chi connectivity index (χ4v) is 4.67. The average molecular weight is 419 g/mol. The molecule has 8 heteroatoms. The Morgan fingerprint density at radius 2 is 1.93 bits per heavy atom. The number of anilines is 1. The van der Waals surface area contributed by atoms with Crippen LogP contribution >= 0.6 is 0 Å². The SMILES string of the molecule is N#Cc1ccc(-c2ccccn2)c(NS(=O)(=O)c2cc(C(=O)O)ccc2C2CC2)c1. The molecule has 0 radical (unpaired) electrons. The second-order valence-electron chi connectivity index (χ2n) is 7.02. The summed E-state index contributed by atoms with van der Waals surface area (Å²) in [5.74, 6) is -1.10. The highest BCUT2D eigenvalue weighted by Crippen LogP contribution is 2.43. The summed E-state index contributed by atoms with van der Waals surface area (Å²) in [5, 5.41) is 18.6. The van der Waals surface area contributed by atoms with Crippen LogP contribution in [0.15, 0.2) is 65.7 Å². The number of carbonyl (C=O) groups is 1. The lowest BCUT2D eigenvalue weighted by molar-refractivity contribution is 0.0696. The molecule has 7 nitrogen and oxygen atoms in total. The van der Waals surface area contributed by atoms with Crippen molar-refractivity contribution in [2.45, 2.75) is 23.7 Å². The molecule has 0 aliphatic heterocycles. The van der Waals surface area contributed by atoms with Gasteiger partial charge in [-0.25, -0.2) is 13.2 Å². The number of benzene rings is 2. The van der Waals surface area contributed by atoms with Gasteiger partial charge < -0.3 is 5.11 Å². The van der Waals surface area contributed by atoms with E-state index in [9.17, 15) is 23.6 Å². The number of pyridine rings is 1. The summed E-state index contributed by atoms with van der Waals surface area (Å²) in [6.07, 6.45) is 3.31. The van der Waals surface area contributed by atoms with Gasteiger partial charge in [0, 0.05) is 11.8 Å². The highest BCUT2D eigenvalue weighted by Gasteiger charge is 2.31. The lowest BCUT2D eigenvalue weighted by atomic mass is 10.1. The van der Waals surface area contributed by atoms with Gasteiger partial charge in [-0.1, -0.05) is 12.1 Å². The number of nitrogens with one attached hydrogen (secondary N) is 1. The van der Waals surface area contributed by atoms with E-state index < -0.39 is 16.0 Å². The van der Waals surface area contributed by atoms with Crippen molar-refractivity contribution in [2.24, 2.45) is 0 Å². The number of nitriles is 1. The number of rotatable bonds is 6. The fraction of sp³-hybridized carbons (Fsp3) is 0.136. The monoisotopic (exact) mass is 419 g/mol. The molecule has 150 valence electrons. The second-order valence-corrected chi connectivity index (χ2v) is 8.68. The van der Waals surface area contributed by atoms with Crippen LogP contribution in [0.25, 0.3) is 11.3 Å². The summed E-state index contributed by atoms with van der Waals surface area (Å²) in [5.41, 5.74) is 2.05. The Bertz CT molecular complexity index is 1280. The lowest BCUT2D eigenvalue weighted by Gasteiger charge is -2.15. The molecule has 0 spiro atoms. The van der Waals surface area contributed by atoms with Gasteiger partial charge in [-0.2, -0.15) is 5.26 Å². The molecular weight excluding hydrogens is 402 g/mol. The Morgan fingerprint density at radius 1 is 1.13 bits per heavy atom. The van der Waals surface area contributed by atoms with E-state index >= 15 is 0 Å². The van der Waals surface area contributed by atoms with Crippen molar-refractivity contribution in [3.8, 4) is 17.3 Å². The minimum absolute atomic E-state index is 0.0563. The zero-order chi connectivity index (χ0) is 21.3. The van der Waals surface area contributed by atoms with Crippen molar-refractivity contribution in [3.63, 3.8) is 0 Å². The molecule has 0 unspecified atom stereocenters. The summed E-state index contributed by atoms with van der Waals surface area (Å²) in [6.45, 7) is 0. The highest BCUT2D eigenvalue weighted by molar-refractivity contribution is 7.92. The average Bonchev–Trinajstić information content (AvgIpc) is 3.59. The molecule has 3 aromatic rings. The zero-order valence-electron chi connectivity index (χ0n) is 15.7. The molecule has 1 aliphatic carbocycles. The van der Waals surface area contributed by atoms with Crippen LogP contribution in [0.2, 0.25) is 0 Å². The van der Waals surface area contributed by atoms with Crippen LogP contribution in [-0.2, 0) is 10.0 Å². The molecule has 1 fully saturated rings. The predicted octanol–water partition coefficient (Wildman–Crippen LogP) is 4.00. The van der Waals surface area contributed by atoms with Crippen molar-refractivity contribution in [3.05, 3.63) is 77.5 Å². The molecule has 1 aliphatic rings. The van der Waals surface area contributed by atoms with Crippen LogP contribution in [0.1, 0.15) is 40.2 Å². The number of carboxylic acids is 1. The van der Waals surface area contributed by atoms with Crippen molar-refractivity contribution >= 4 is 21.7 Å². The number of sulfonamides is 1. The first-order valence-electron chi connectivity index (χ1n) is 9.24. The molecule has 30 heavy (non-hydrogen) atoms. The van der Waals surface area contributed by atoms with Gasteiger partial charge in [0.2, 0.25) is 0 Å². The lowest BCUT2D eigenvalue weighted by Crippen LogP contribution is -2.16. The normalized spacial score (nSPS) is 13.4.